The molecule has 110 valence electrons. The van der Waals surface area contributed by atoms with Crippen LogP contribution in [-0.4, -0.2) is 54.0 Å². The molecule has 2 N–H and O–H groups in total. The van der Waals surface area contributed by atoms with Crippen LogP contribution in [0.4, 0.5) is 0 Å². The molecule has 1 heterocycles. The number of hydrogen-bond donors (Lipinski definition) is 1. The van der Waals surface area contributed by atoms with Crippen LogP contribution in [0.1, 0.15) is 46.0 Å². The average Bonchev–Trinajstić information content (AvgIpc) is 2.38. The average molecular weight is 267 g/mol. The third kappa shape index (κ3) is 2.95. The number of nitrogens with two attached hydrogens (primary N) is 1. The molecule has 1 aliphatic heterocycles. The molecule has 1 amide bonds. The summed E-state index contributed by atoms with van der Waals surface area (Å²) in [7, 11) is 2.17. The number of piperazine rings is 1. The smallest absolute Gasteiger partial charge is 0.227 e. The molecule has 4 nitrogen and oxygen atoms in total. The lowest BCUT2D eigenvalue weighted by Crippen LogP contribution is -2.65. The van der Waals surface area contributed by atoms with Gasteiger partial charge in [0, 0.05) is 25.7 Å². The summed E-state index contributed by atoms with van der Waals surface area (Å²) in [5.41, 5.74) is 6.02. The van der Waals surface area contributed by atoms with Gasteiger partial charge in [0.2, 0.25) is 5.91 Å². The summed E-state index contributed by atoms with van der Waals surface area (Å²) in [6.07, 6.45) is 6.15. The predicted molar refractivity (Wildman–Crippen MR) is 77.8 cm³/mol. The van der Waals surface area contributed by atoms with E-state index in [0.717, 1.165) is 32.5 Å². The van der Waals surface area contributed by atoms with E-state index in [1.807, 2.05) is 13.8 Å². The molecule has 0 bridgehead atoms. The van der Waals surface area contributed by atoms with Crippen LogP contribution in [0.5, 0.6) is 0 Å². The van der Waals surface area contributed by atoms with Crippen molar-refractivity contribution >= 4 is 5.91 Å². The Labute approximate surface area is 117 Å². The SMILES string of the molecule is CC(N)C(C)C(=O)N1CCN(C)CC12CCCCC2. The Kier molecular flexibility index (Phi) is 4.51. The van der Waals surface area contributed by atoms with E-state index >= 15 is 0 Å². The van der Waals surface area contributed by atoms with Crippen LogP contribution < -0.4 is 5.73 Å². The second-order valence-corrected chi connectivity index (χ2v) is 6.66. The summed E-state index contributed by atoms with van der Waals surface area (Å²) < 4.78 is 0. The zero-order chi connectivity index (χ0) is 14.0. The van der Waals surface area contributed by atoms with Gasteiger partial charge in [0.25, 0.3) is 0 Å². The predicted octanol–water partition coefficient (Wildman–Crippen LogP) is 1.45. The number of carbonyl (C=O) groups excluding carboxylic acids is 1. The Balaban J connectivity index is 2.18. The molecule has 2 fully saturated rings. The number of nitrogens with zero attached hydrogens (tertiary/aromatic N) is 2. The fourth-order valence-corrected chi connectivity index (χ4v) is 3.63. The fraction of sp³-hybridized carbons (Fsp3) is 0.933. The zero-order valence-electron chi connectivity index (χ0n) is 12.7. The van der Waals surface area contributed by atoms with E-state index in [1.54, 1.807) is 0 Å². The van der Waals surface area contributed by atoms with E-state index in [4.69, 9.17) is 5.73 Å². The van der Waals surface area contributed by atoms with Crippen molar-refractivity contribution in [3.63, 3.8) is 0 Å². The van der Waals surface area contributed by atoms with Crippen LogP contribution in [0, 0.1) is 5.92 Å². The molecule has 1 saturated carbocycles. The van der Waals surface area contributed by atoms with Gasteiger partial charge in [-0.2, -0.15) is 0 Å². The monoisotopic (exact) mass is 267 g/mol. The molecule has 0 aromatic rings. The number of carbonyl (C=O) groups is 1. The van der Waals surface area contributed by atoms with Gasteiger partial charge in [-0.25, -0.2) is 0 Å². The van der Waals surface area contributed by atoms with Gasteiger partial charge < -0.3 is 15.5 Å². The van der Waals surface area contributed by atoms with Crippen molar-refractivity contribution in [1.82, 2.24) is 9.80 Å². The highest BCUT2D eigenvalue weighted by Gasteiger charge is 2.44. The summed E-state index contributed by atoms with van der Waals surface area (Å²) >= 11 is 0. The van der Waals surface area contributed by atoms with Crippen molar-refractivity contribution in [3.8, 4) is 0 Å². The molecule has 1 spiro atoms. The van der Waals surface area contributed by atoms with E-state index in [-0.39, 0.29) is 23.4 Å². The molecule has 1 saturated heterocycles. The van der Waals surface area contributed by atoms with Crippen molar-refractivity contribution < 1.29 is 4.79 Å². The van der Waals surface area contributed by atoms with Crippen molar-refractivity contribution in [2.75, 3.05) is 26.7 Å². The third-order valence-electron chi connectivity index (χ3n) is 5.07. The fourth-order valence-electron chi connectivity index (χ4n) is 3.63. The molecule has 0 aromatic heterocycles. The molecule has 4 heteroatoms. The number of rotatable bonds is 2. The first-order valence-corrected chi connectivity index (χ1v) is 7.72. The van der Waals surface area contributed by atoms with E-state index < -0.39 is 0 Å². The van der Waals surface area contributed by atoms with Gasteiger partial charge in [0.05, 0.1) is 11.5 Å². The van der Waals surface area contributed by atoms with E-state index in [0.29, 0.717) is 0 Å². The molecule has 19 heavy (non-hydrogen) atoms. The standard InChI is InChI=1S/C15H29N3O/c1-12(13(2)16)14(19)18-10-9-17(3)11-15(18)7-5-4-6-8-15/h12-13H,4-11,16H2,1-3H3. The molecule has 0 aromatic carbocycles. The highest BCUT2D eigenvalue weighted by molar-refractivity contribution is 5.80. The van der Waals surface area contributed by atoms with Gasteiger partial charge >= 0.3 is 0 Å². The van der Waals surface area contributed by atoms with Crippen molar-refractivity contribution in [3.05, 3.63) is 0 Å². The van der Waals surface area contributed by atoms with Crippen LogP contribution >= 0.6 is 0 Å². The quantitative estimate of drug-likeness (QED) is 0.824. The summed E-state index contributed by atoms with van der Waals surface area (Å²) in [6, 6.07) is -0.0622. The molecule has 0 radical (unpaired) electrons. The molecule has 2 aliphatic rings. The largest absolute Gasteiger partial charge is 0.334 e. The van der Waals surface area contributed by atoms with Crippen LogP contribution in [-0.2, 0) is 4.79 Å². The maximum absolute atomic E-state index is 12.7. The lowest BCUT2D eigenvalue weighted by atomic mass is 9.78. The van der Waals surface area contributed by atoms with Gasteiger partial charge in [-0.1, -0.05) is 26.2 Å². The summed E-state index contributed by atoms with van der Waals surface area (Å²) in [6.45, 7) is 6.80. The Hall–Kier alpha value is -0.610. The van der Waals surface area contributed by atoms with E-state index in [9.17, 15) is 4.79 Å². The highest BCUT2D eigenvalue weighted by atomic mass is 16.2. The van der Waals surface area contributed by atoms with Crippen molar-refractivity contribution in [1.29, 1.82) is 0 Å². The first kappa shape index (κ1) is 14.8. The Morgan fingerprint density at radius 3 is 2.37 bits per heavy atom. The molecule has 2 unspecified atom stereocenters. The minimum absolute atomic E-state index is 0.0622. The second kappa shape index (κ2) is 5.80. The molecule has 2 rings (SSSR count). The Morgan fingerprint density at radius 2 is 1.79 bits per heavy atom. The minimum Gasteiger partial charge on any atom is -0.334 e. The highest BCUT2D eigenvalue weighted by Crippen LogP contribution is 2.37. The third-order valence-corrected chi connectivity index (χ3v) is 5.07. The zero-order valence-corrected chi connectivity index (χ0v) is 12.7. The Morgan fingerprint density at radius 1 is 1.16 bits per heavy atom. The van der Waals surface area contributed by atoms with Crippen LogP contribution in [0.25, 0.3) is 0 Å². The normalized spacial score (nSPS) is 27.3. The summed E-state index contributed by atoms with van der Waals surface area (Å²) in [5.74, 6) is 0.201. The molecular weight excluding hydrogens is 238 g/mol. The van der Waals surface area contributed by atoms with Crippen molar-refractivity contribution in [2.24, 2.45) is 11.7 Å². The summed E-state index contributed by atoms with van der Waals surface area (Å²) in [4.78, 5) is 17.3. The van der Waals surface area contributed by atoms with Gasteiger partial charge in [0.1, 0.15) is 0 Å². The first-order valence-electron chi connectivity index (χ1n) is 7.72. The van der Waals surface area contributed by atoms with E-state index in [2.05, 4.69) is 16.8 Å². The lowest BCUT2D eigenvalue weighted by Gasteiger charge is -2.53. The second-order valence-electron chi connectivity index (χ2n) is 6.66. The maximum atomic E-state index is 12.7. The van der Waals surface area contributed by atoms with Gasteiger partial charge in [-0.15, -0.1) is 0 Å². The maximum Gasteiger partial charge on any atom is 0.227 e. The molecule has 1 aliphatic carbocycles. The summed E-state index contributed by atoms with van der Waals surface area (Å²) in [5, 5.41) is 0. The topological polar surface area (TPSA) is 49.6 Å². The first-order chi connectivity index (χ1) is 8.96. The van der Waals surface area contributed by atoms with Crippen LogP contribution in [0.15, 0.2) is 0 Å². The Bertz CT molecular complexity index is 323. The van der Waals surface area contributed by atoms with Crippen molar-refractivity contribution in [2.45, 2.75) is 57.5 Å². The van der Waals surface area contributed by atoms with E-state index in [1.165, 1.54) is 19.3 Å². The molecule has 2 atom stereocenters. The number of hydrogen-bond acceptors (Lipinski definition) is 3. The van der Waals surface area contributed by atoms with Gasteiger partial charge in [-0.05, 0) is 26.8 Å². The molecular formula is C15H29N3O. The van der Waals surface area contributed by atoms with Crippen LogP contribution in [0.3, 0.4) is 0 Å². The lowest BCUT2D eigenvalue weighted by molar-refractivity contribution is -0.148. The van der Waals surface area contributed by atoms with Crippen LogP contribution in [0.2, 0.25) is 0 Å². The van der Waals surface area contributed by atoms with Gasteiger partial charge in [0.15, 0.2) is 0 Å². The van der Waals surface area contributed by atoms with Gasteiger partial charge in [-0.3, -0.25) is 4.79 Å². The minimum atomic E-state index is -0.0674. The number of amides is 1. The number of likely N-dealkylation sites (N-methyl/N-ethyl adjacent to an activating group) is 1.